The van der Waals surface area contributed by atoms with E-state index in [1.54, 1.807) is 31.2 Å². The van der Waals surface area contributed by atoms with Gasteiger partial charge in [-0.25, -0.2) is 0 Å². The maximum atomic E-state index is 12.0. The summed E-state index contributed by atoms with van der Waals surface area (Å²) in [5.74, 6) is -1.20. The van der Waals surface area contributed by atoms with Crippen molar-refractivity contribution in [2.75, 3.05) is 7.11 Å². The third-order valence-corrected chi connectivity index (χ3v) is 4.06. The van der Waals surface area contributed by atoms with Crippen LogP contribution in [0.4, 0.5) is 0 Å². The zero-order valence-electron chi connectivity index (χ0n) is 11.7. The van der Waals surface area contributed by atoms with Crippen molar-refractivity contribution in [3.8, 4) is 0 Å². The lowest BCUT2D eigenvalue weighted by atomic mass is 9.95. The number of halogens is 1. The van der Waals surface area contributed by atoms with Crippen LogP contribution in [0, 0.1) is 5.92 Å². The summed E-state index contributed by atoms with van der Waals surface area (Å²) in [6.45, 7) is 3.02. The van der Waals surface area contributed by atoms with E-state index in [-0.39, 0.29) is 21.5 Å². The fourth-order valence-corrected chi connectivity index (χ4v) is 2.42. The second kappa shape index (κ2) is 7.52. The van der Waals surface area contributed by atoms with Crippen LogP contribution >= 0.6 is 22.6 Å². The van der Waals surface area contributed by atoms with E-state index >= 15 is 0 Å². The van der Waals surface area contributed by atoms with Gasteiger partial charge in [0.15, 0.2) is 5.78 Å². The van der Waals surface area contributed by atoms with Crippen molar-refractivity contribution < 1.29 is 19.1 Å². The summed E-state index contributed by atoms with van der Waals surface area (Å²) < 4.78 is 4.41. The van der Waals surface area contributed by atoms with Gasteiger partial charge in [0.05, 0.1) is 13.0 Å². The van der Waals surface area contributed by atoms with Crippen LogP contribution in [-0.2, 0) is 20.7 Å². The summed E-state index contributed by atoms with van der Waals surface area (Å²) in [5, 5.41) is 0. The van der Waals surface area contributed by atoms with E-state index in [2.05, 4.69) is 4.74 Å². The van der Waals surface area contributed by atoms with Crippen molar-refractivity contribution in [1.29, 1.82) is 0 Å². The molecular formula is C15H17IO4. The number of alkyl halides is 1. The Bertz CT molecular complexity index is 507. The number of rotatable bonds is 6. The van der Waals surface area contributed by atoms with E-state index in [1.807, 2.05) is 22.6 Å². The van der Waals surface area contributed by atoms with Crippen LogP contribution in [0.15, 0.2) is 24.3 Å². The highest BCUT2D eigenvalue weighted by Gasteiger charge is 2.20. The summed E-state index contributed by atoms with van der Waals surface area (Å²) in [4.78, 5) is 34.5. The van der Waals surface area contributed by atoms with Crippen LogP contribution < -0.4 is 0 Å². The number of Topliss-reactive ketones (excluding diaryl/α,β-unsaturated/α-hetero) is 2. The molecule has 0 aromatic heterocycles. The monoisotopic (exact) mass is 388 g/mol. The number of ether oxygens (including phenoxy) is 1. The molecule has 0 aliphatic rings. The first kappa shape index (κ1) is 16.8. The number of hydrogen-bond donors (Lipinski definition) is 0. The van der Waals surface area contributed by atoms with Crippen LogP contribution in [-0.4, -0.2) is 28.6 Å². The van der Waals surface area contributed by atoms with Gasteiger partial charge in [0.25, 0.3) is 0 Å². The molecule has 0 radical (unpaired) electrons. The SMILES string of the molecule is COC(=O)C(I)Cc1ccc(C(=O)C(C)C(C)=O)cc1. The second-order valence-corrected chi connectivity index (χ2v) is 6.09. The highest BCUT2D eigenvalue weighted by molar-refractivity contribution is 14.1. The molecule has 0 fully saturated rings. The fourth-order valence-electron chi connectivity index (χ4n) is 1.66. The van der Waals surface area contributed by atoms with Crippen LogP contribution in [0.3, 0.4) is 0 Å². The van der Waals surface area contributed by atoms with E-state index in [4.69, 9.17) is 0 Å². The summed E-state index contributed by atoms with van der Waals surface area (Å²) in [5.41, 5.74) is 1.46. The number of benzene rings is 1. The summed E-state index contributed by atoms with van der Waals surface area (Å²) in [6, 6.07) is 6.98. The van der Waals surface area contributed by atoms with Crippen LogP contribution in [0.1, 0.15) is 29.8 Å². The van der Waals surface area contributed by atoms with E-state index in [0.29, 0.717) is 12.0 Å². The third kappa shape index (κ3) is 4.40. The van der Waals surface area contributed by atoms with Gasteiger partial charge in [0.1, 0.15) is 9.71 Å². The maximum absolute atomic E-state index is 12.0. The summed E-state index contributed by atoms with van der Waals surface area (Å²) in [7, 11) is 1.36. The zero-order chi connectivity index (χ0) is 15.3. The number of methoxy groups -OCH3 is 1. The molecule has 0 saturated heterocycles. The molecule has 0 N–H and O–H groups in total. The van der Waals surface area contributed by atoms with Gasteiger partial charge < -0.3 is 4.74 Å². The van der Waals surface area contributed by atoms with Gasteiger partial charge in [-0.1, -0.05) is 46.9 Å². The van der Waals surface area contributed by atoms with Crippen molar-refractivity contribution >= 4 is 40.1 Å². The van der Waals surface area contributed by atoms with E-state index < -0.39 is 5.92 Å². The van der Waals surface area contributed by atoms with Gasteiger partial charge in [-0.05, 0) is 25.8 Å². The molecule has 1 aromatic carbocycles. The molecular weight excluding hydrogens is 371 g/mol. The molecule has 5 heteroatoms. The van der Waals surface area contributed by atoms with E-state index in [0.717, 1.165) is 5.56 Å². The molecule has 1 aromatic rings. The predicted molar refractivity (Wildman–Crippen MR) is 84.1 cm³/mol. The standard InChI is InChI=1S/C15H17IO4/c1-9(10(2)17)14(18)12-6-4-11(5-7-12)8-13(16)15(19)20-3/h4-7,9,13H,8H2,1-3H3. The average molecular weight is 388 g/mol. The lowest BCUT2D eigenvalue weighted by molar-refractivity contribution is -0.139. The van der Waals surface area contributed by atoms with Crippen molar-refractivity contribution in [2.24, 2.45) is 5.92 Å². The largest absolute Gasteiger partial charge is 0.468 e. The lowest BCUT2D eigenvalue weighted by Crippen LogP contribution is -2.19. The van der Waals surface area contributed by atoms with E-state index in [9.17, 15) is 14.4 Å². The third-order valence-electron chi connectivity index (χ3n) is 3.11. The van der Waals surface area contributed by atoms with Crippen LogP contribution in [0.2, 0.25) is 0 Å². The molecule has 0 bridgehead atoms. The molecule has 4 nitrogen and oxygen atoms in total. The van der Waals surface area contributed by atoms with Gasteiger partial charge in [-0.15, -0.1) is 0 Å². The second-order valence-electron chi connectivity index (χ2n) is 4.59. The predicted octanol–water partition coefficient (Wildman–Crippen LogP) is 2.61. The Hall–Kier alpha value is -1.24. The average Bonchev–Trinajstić information content (AvgIpc) is 2.45. The van der Waals surface area contributed by atoms with Gasteiger partial charge in [0, 0.05) is 5.56 Å². The molecule has 0 aliphatic carbocycles. The van der Waals surface area contributed by atoms with Gasteiger partial charge in [0.2, 0.25) is 0 Å². The molecule has 0 spiro atoms. The molecule has 2 atom stereocenters. The summed E-state index contributed by atoms with van der Waals surface area (Å²) in [6.07, 6.45) is 0.546. The van der Waals surface area contributed by atoms with Crippen LogP contribution in [0.25, 0.3) is 0 Å². The van der Waals surface area contributed by atoms with E-state index in [1.165, 1.54) is 14.0 Å². The van der Waals surface area contributed by atoms with Crippen molar-refractivity contribution in [3.63, 3.8) is 0 Å². The van der Waals surface area contributed by atoms with Gasteiger partial charge >= 0.3 is 5.97 Å². The summed E-state index contributed by atoms with van der Waals surface area (Å²) >= 11 is 2.03. The smallest absolute Gasteiger partial charge is 0.318 e. The molecule has 0 heterocycles. The van der Waals surface area contributed by atoms with Crippen molar-refractivity contribution in [1.82, 2.24) is 0 Å². The maximum Gasteiger partial charge on any atom is 0.318 e. The Morgan fingerprint density at radius 3 is 2.20 bits per heavy atom. The Labute approximate surface area is 132 Å². The van der Waals surface area contributed by atoms with Crippen molar-refractivity contribution in [3.05, 3.63) is 35.4 Å². The van der Waals surface area contributed by atoms with Gasteiger partial charge in [-0.2, -0.15) is 0 Å². The highest BCUT2D eigenvalue weighted by Crippen LogP contribution is 2.15. The molecule has 2 unspecified atom stereocenters. The number of carbonyl (C=O) groups is 3. The number of carbonyl (C=O) groups excluding carboxylic acids is 3. The van der Waals surface area contributed by atoms with Crippen molar-refractivity contribution in [2.45, 2.75) is 24.2 Å². The molecule has 0 aliphatic heterocycles. The minimum Gasteiger partial charge on any atom is -0.468 e. The minimum atomic E-state index is -0.617. The number of ketones is 2. The Morgan fingerprint density at radius 2 is 1.75 bits per heavy atom. The Morgan fingerprint density at radius 1 is 1.20 bits per heavy atom. The molecule has 20 heavy (non-hydrogen) atoms. The minimum absolute atomic E-state index is 0.142. The Balaban J connectivity index is 2.76. The zero-order valence-corrected chi connectivity index (χ0v) is 13.8. The fraction of sp³-hybridized carbons (Fsp3) is 0.400. The van der Waals surface area contributed by atoms with Gasteiger partial charge in [-0.3, -0.25) is 14.4 Å². The van der Waals surface area contributed by atoms with Crippen LogP contribution in [0.5, 0.6) is 0 Å². The first-order chi connectivity index (χ1) is 9.36. The highest BCUT2D eigenvalue weighted by atomic mass is 127. The molecule has 0 amide bonds. The number of hydrogen-bond acceptors (Lipinski definition) is 4. The molecule has 108 valence electrons. The molecule has 1 rings (SSSR count). The normalized spacial score (nSPS) is 13.4. The first-order valence-corrected chi connectivity index (χ1v) is 7.47. The lowest BCUT2D eigenvalue weighted by Gasteiger charge is -2.09. The quantitative estimate of drug-likeness (QED) is 0.247. The topological polar surface area (TPSA) is 60.4 Å². The Kier molecular flexibility index (Phi) is 6.32. The first-order valence-electron chi connectivity index (χ1n) is 6.22. The number of esters is 1. The molecule has 0 saturated carbocycles.